The zero-order valence-electron chi connectivity index (χ0n) is 14.0. The Morgan fingerprint density at radius 2 is 1.89 bits per heavy atom. The van der Waals surface area contributed by atoms with Crippen LogP contribution in [-0.4, -0.2) is 33.9 Å². The summed E-state index contributed by atoms with van der Waals surface area (Å²) in [6.45, 7) is 0.213. The molecule has 142 valence electrons. The van der Waals surface area contributed by atoms with Crippen LogP contribution in [0.1, 0.15) is 30.3 Å². The van der Waals surface area contributed by atoms with Crippen LogP contribution in [-0.2, 0) is 16.2 Å². The molecule has 0 radical (unpaired) electrons. The second-order valence-electron chi connectivity index (χ2n) is 6.29. The first-order chi connectivity index (χ1) is 12.8. The van der Waals surface area contributed by atoms with Crippen molar-refractivity contribution in [3.05, 3.63) is 60.0 Å². The highest BCUT2D eigenvalue weighted by Gasteiger charge is 2.40. The lowest BCUT2D eigenvalue weighted by atomic mass is 10.2. The molecule has 2 aromatic heterocycles. The predicted octanol–water partition coefficient (Wildman–Crippen LogP) is 3.27. The third-order valence-electron chi connectivity index (χ3n) is 4.61. The summed E-state index contributed by atoms with van der Waals surface area (Å²) in [7, 11) is -4.11. The Labute approximate surface area is 153 Å². The number of hydrogen-bond acceptors (Lipinski definition) is 4. The molecule has 0 spiro atoms. The van der Waals surface area contributed by atoms with Crippen LogP contribution < -0.4 is 0 Å². The number of benzene rings is 1. The average Bonchev–Trinajstić information content (AvgIpc) is 3.28. The Balaban J connectivity index is 1.75. The van der Waals surface area contributed by atoms with Crippen LogP contribution in [0.15, 0.2) is 53.6 Å². The molecule has 0 saturated carbocycles. The number of fused-ring (bicyclic) bond motifs is 1. The van der Waals surface area contributed by atoms with Gasteiger partial charge in [-0.3, -0.25) is 4.40 Å². The number of hydrogen-bond donors (Lipinski definition) is 0. The number of rotatable bonds is 3. The third-order valence-corrected chi connectivity index (χ3v) is 6.51. The minimum absolute atomic E-state index is 0.213. The van der Waals surface area contributed by atoms with Crippen molar-refractivity contribution < 1.29 is 21.6 Å². The van der Waals surface area contributed by atoms with E-state index in [1.54, 1.807) is 28.8 Å². The number of halogens is 3. The largest absolute Gasteiger partial charge is 0.416 e. The molecule has 3 heterocycles. The fourth-order valence-electron chi connectivity index (χ4n) is 3.34. The van der Waals surface area contributed by atoms with Crippen LogP contribution >= 0.6 is 0 Å². The van der Waals surface area contributed by atoms with E-state index in [-0.39, 0.29) is 11.4 Å². The number of alkyl halides is 3. The average molecular weight is 396 g/mol. The van der Waals surface area contributed by atoms with Gasteiger partial charge in [0.1, 0.15) is 0 Å². The van der Waals surface area contributed by atoms with Gasteiger partial charge in [-0.05, 0) is 43.2 Å². The quantitative estimate of drug-likeness (QED) is 0.682. The van der Waals surface area contributed by atoms with E-state index >= 15 is 0 Å². The van der Waals surface area contributed by atoms with Gasteiger partial charge in [-0.2, -0.15) is 17.5 Å². The first kappa shape index (κ1) is 17.9. The van der Waals surface area contributed by atoms with Gasteiger partial charge >= 0.3 is 6.18 Å². The zero-order valence-corrected chi connectivity index (χ0v) is 14.8. The number of aromatic nitrogens is 3. The molecule has 1 saturated heterocycles. The Morgan fingerprint density at radius 1 is 1.07 bits per heavy atom. The molecule has 1 aliphatic heterocycles. The molecule has 6 nitrogen and oxygen atoms in total. The molecule has 0 bridgehead atoms. The molecule has 1 fully saturated rings. The molecule has 3 aromatic rings. The minimum atomic E-state index is -4.61. The zero-order chi connectivity index (χ0) is 19.2. The second kappa shape index (κ2) is 6.31. The molecular weight excluding hydrogens is 381 g/mol. The van der Waals surface area contributed by atoms with Gasteiger partial charge in [-0.15, -0.1) is 10.2 Å². The van der Waals surface area contributed by atoms with E-state index in [0.29, 0.717) is 30.4 Å². The van der Waals surface area contributed by atoms with Crippen molar-refractivity contribution in [3.63, 3.8) is 0 Å². The molecule has 0 aliphatic carbocycles. The van der Waals surface area contributed by atoms with Gasteiger partial charge in [0.2, 0.25) is 10.0 Å². The summed E-state index contributed by atoms with van der Waals surface area (Å²) >= 11 is 0. The molecule has 0 amide bonds. The molecule has 1 aliphatic rings. The lowest BCUT2D eigenvalue weighted by Gasteiger charge is -2.23. The van der Waals surface area contributed by atoms with Gasteiger partial charge in [0, 0.05) is 12.7 Å². The van der Waals surface area contributed by atoms with Crippen LogP contribution in [0, 0.1) is 0 Å². The fourth-order valence-corrected chi connectivity index (χ4v) is 5.04. The highest BCUT2D eigenvalue weighted by atomic mass is 32.2. The van der Waals surface area contributed by atoms with Gasteiger partial charge in [0.15, 0.2) is 11.5 Å². The minimum Gasteiger partial charge on any atom is -0.285 e. The van der Waals surface area contributed by atoms with Crippen molar-refractivity contribution in [1.29, 1.82) is 0 Å². The summed E-state index contributed by atoms with van der Waals surface area (Å²) in [6, 6.07) is 8.55. The van der Waals surface area contributed by atoms with E-state index in [1.807, 2.05) is 0 Å². The standard InChI is InChI=1S/C17H15F3N4O2S/c18-17(19,20)12-5-3-6-13(11-12)27(25,26)24-10-4-7-14(24)16-22-21-15-8-1-2-9-23(15)16/h1-3,5-6,8-9,11,14H,4,7,10H2/t14-/m1/s1. The molecule has 4 rings (SSSR count). The Bertz CT molecular complexity index is 1090. The Kier molecular flexibility index (Phi) is 4.19. The molecule has 10 heteroatoms. The third kappa shape index (κ3) is 3.08. The van der Waals surface area contributed by atoms with E-state index in [9.17, 15) is 21.6 Å². The molecule has 1 atom stereocenters. The number of nitrogens with zero attached hydrogens (tertiary/aromatic N) is 4. The van der Waals surface area contributed by atoms with Crippen LogP contribution in [0.2, 0.25) is 0 Å². The van der Waals surface area contributed by atoms with E-state index in [0.717, 1.165) is 12.1 Å². The van der Waals surface area contributed by atoms with Crippen LogP contribution in [0.25, 0.3) is 5.65 Å². The first-order valence-electron chi connectivity index (χ1n) is 8.27. The normalized spacial score (nSPS) is 19.0. The number of pyridine rings is 1. The van der Waals surface area contributed by atoms with Crippen molar-refractivity contribution in [2.24, 2.45) is 0 Å². The molecule has 27 heavy (non-hydrogen) atoms. The fraction of sp³-hybridized carbons (Fsp3) is 0.294. The summed E-state index contributed by atoms with van der Waals surface area (Å²) in [6.07, 6.45) is -1.77. The molecular formula is C17H15F3N4O2S. The van der Waals surface area contributed by atoms with Gasteiger partial charge in [-0.1, -0.05) is 12.1 Å². The van der Waals surface area contributed by atoms with E-state index in [2.05, 4.69) is 10.2 Å². The lowest BCUT2D eigenvalue weighted by molar-refractivity contribution is -0.137. The van der Waals surface area contributed by atoms with Gasteiger partial charge in [0.05, 0.1) is 16.5 Å². The summed E-state index contributed by atoms with van der Waals surface area (Å²) in [5, 5.41) is 8.16. The maximum atomic E-state index is 13.1. The molecule has 1 aromatic carbocycles. The topological polar surface area (TPSA) is 67.6 Å². The Morgan fingerprint density at radius 3 is 2.67 bits per heavy atom. The second-order valence-corrected chi connectivity index (χ2v) is 8.18. The maximum absolute atomic E-state index is 13.1. The SMILES string of the molecule is O=S(=O)(c1cccc(C(F)(F)F)c1)N1CCC[C@@H]1c1nnc2ccccn12. The van der Waals surface area contributed by atoms with Gasteiger partial charge < -0.3 is 0 Å². The van der Waals surface area contributed by atoms with Crippen LogP contribution in [0.5, 0.6) is 0 Å². The van der Waals surface area contributed by atoms with E-state index in [4.69, 9.17) is 0 Å². The first-order valence-corrected chi connectivity index (χ1v) is 9.71. The Hall–Kier alpha value is -2.46. The van der Waals surface area contributed by atoms with Crippen LogP contribution in [0.4, 0.5) is 13.2 Å². The monoisotopic (exact) mass is 396 g/mol. The predicted molar refractivity (Wildman–Crippen MR) is 90.3 cm³/mol. The molecule has 0 unspecified atom stereocenters. The van der Waals surface area contributed by atoms with Gasteiger partial charge in [0.25, 0.3) is 0 Å². The summed E-state index contributed by atoms with van der Waals surface area (Å²) < 4.78 is 68.0. The van der Waals surface area contributed by atoms with Crippen molar-refractivity contribution >= 4 is 15.7 Å². The van der Waals surface area contributed by atoms with Crippen molar-refractivity contribution in [2.75, 3.05) is 6.54 Å². The highest BCUT2D eigenvalue weighted by Crippen LogP contribution is 2.37. The maximum Gasteiger partial charge on any atom is 0.416 e. The smallest absolute Gasteiger partial charge is 0.285 e. The van der Waals surface area contributed by atoms with E-state index in [1.165, 1.54) is 10.4 Å². The highest BCUT2D eigenvalue weighted by molar-refractivity contribution is 7.89. The van der Waals surface area contributed by atoms with Crippen molar-refractivity contribution in [1.82, 2.24) is 18.9 Å². The van der Waals surface area contributed by atoms with Crippen molar-refractivity contribution in [2.45, 2.75) is 30.0 Å². The summed E-state index contributed by atoms with van der Waals surface area (Å²) in [4.78, 5) is -0.377. The summed E-state index contributed by atoms with van der Waals surface area (Å²) in [5.74, 6) is 0.457. The summed E-state index contributed by atoms with van der Waals surface area (Å²) in [5.41, 5.74) is -0.414. The van der Waals surface area contributed by atoms with Crippen molar-refractivity contribution in [3.8, 4) is 0 Å². The van der Waals surface area contributed by atoms with Gasteiger partial charge in [-0.25, -0.2) is 8.42 Å². The van der Waals surface area contributed by atoms with E-state index < -0.39 is 27.8 Å². The molecule has 0 N–H and O–H groups in total. The lowest BCUT2D eigenvalue weighted by Crippen LogP contribution is -2.31. The number of sulfonamides is 1. The van der Waals surface area contributed by atoms with Crippen LogP contribution in [0.3, 0.4) is 0 Å².